The highest BCUT2D eigenvalue weighted by Crippen LogP contribution is 2.26. The lowest BCUT2D eigenvalue weighted by Gasteiger charge is -2.19. The van der Waals surface area contributed by atoms with Gasteiger partial charge in [0.15, 0.2) is 5.13 Å². The van der Waals surface area contributed by atoms with Gasteiger partial charge in [-0.15, -0.1) is 11.3 Å². The van der Waals surface area contributed by atoms with Gasteiger partial charge >= 0.3 is 6.09 Å². The summed E-state index contributed by atoms with van der Waals surface area (Å²) in [6.07, 6.45) is -0.422. The van der Waals surface area contributed by atoms with Crippen LogP contribution in [0.15, 0.2) is 53.9 Å². The van der Waals surface area contributed by atoms with Crippen LogP contribution in [0.1, 0.15) is 26.3 Å². The lowest BCUT2D eigenvalue weighted by atomic mass is 10.1. The Balaban J connectivity index is 1.59. The average Bonchev–Trinajstić information content (AvgIpc) is 3.06. The molecule has 0 saturated carbocycles. The zero-order chi connectivity index (χ0) is 20.1. The Kier molecular flexibility index (Phi) is 5.84. The number of rotatable bonds is 5. The van der Waals surface area contributed by atoms with Gasteiger partial charge in [-0.2, -0.15) is 0 Å². The topological polar surface area (TPSA) is 89.3 Å². The second kappa shape index (κ2) is 8.31. The average molecular weight is 397 g/mol. The van der Waals surface area contributed by atoms with Crippen LogP contribution in [-0.2, 0) is 11.3 Å². The summed E-state index contributed by atoms with van der Waals surface area (Å²) in [5.41, 5.74) is 10.0. The number of nitrogens with two attached hydrogens (primary N) is 1. The van der Waals surface area contributed by atoms with Gasteiger partial charge in [-0.1, -0.05) is 24.3 Å². The molecule has 0 fully saturated rings. The molecule has 1 amide bonds. The van der Waals surface area contributed by atoms with Gasteiger partial charge < -0.3 is 21.1 Å². The molecule has 0 bridgehead atoms. The van der Waals surface area contributed by atoms with Crippen molar-refractivity contribution in [1.82, 2.24) is 10.3 Å². The highest BCUT2D eigenvalue weighted by atomic mass is 32.1. The predicted octanol–water partition coefficient (Wildman–Crippen LogP) is 5.16. The van der Waals surface area contributed by atoms with Crippen molar-refractivity contribution in [1.29, 1.82) is 0 Å². The van der Waals surface area contributed by atoms with E-state index in [1.54, 1.807) is 0 Å². The Morgan fingerprint density at radius 1 is 1.14 bits per heavy atom. The quantitative estimate of drug-likeness (QED) is 0.554. The maximum absolute atomic E-state index is 11.7. The molecular formula is C21H24N4O2S. The number of thiazole rings is 1. The van der Waals surface area contributed by atoms with E-state index in [0.29, 0.717) is 11.7 Å². The van der Waals surface area contributed by atoms with Crippen LogP contribution in [0.3, 0.4) is 0 Å². The first-order valence-electron chi connectivity index (χ1n) is 8.93. The molecule has 4 N–H and O–H groups in total. The smallest absolute Gasteiger partial charge is 0.407 e. The van der Waals surface area contributed by atoms with E-state index >= 15 is 0 Å². The van der Waals surface area contributed by atoms with Gasteiger partial charge in [0, 0.05) is 28.9 Å². The zero-order valence-corrected chi connectivity index (χ0v) is 17.0. The summed E-state index contributed by atoms with van der Waals surface area (Å²) in [4.78, 5) is 16.1. The van der Waals surface area contributed by atoms with Crippen molar-refractivity contribution in [2.45, 2.75) is 32.9 Å². The number of anilines is 3. The first kappa shape index (κ1) is 19.7. The summed E-state index contributed by atoms with van der Waals surface area (Å²) in [6.45, 7) is 5.93. The minimum Gasteiger partial charge on any atom is -0.444 e. The van der Waals surface area contributed by atoms with E-state index in [-0.39, 0.29) is 0 Å². The number of nitrogen functional groups attached to an aromatic ring is 1. The maximum atomic E-state index is 11.7. The van der Waals surface area contributed by atoms with E-state index < -0.39 is 11.7 Å². The summed E-state index contributed by atoms with van der Waals surface area (Å²) >= 11 is 1.43. The molecule has 2 aromatic carbocycles. The van der Waals surface area contributed by atoms with Crippen LogP contribution in [0, 0.1) is 0 Å². The molecular weight excluding hydrogens is 372 g/mol. The third kappa shape index (κ3) is 5.72. The molecule has 1 aromatic heterocycles. The number of benzene rings is 2. The SMILES string of the molecule is CC(C)(C)OC(=O)NCc1ccc(Nc2cccc(-c3csc(N)n3)c2)cc1. The minimum atomic E-state index is -0.503. The summed E-state index contributed by atoms with van der Waals surface area (Å²) in [5.74, 6) is 0. The fourth-order valence-electron chi connectivity index (χ4n) is 2.54. The van der Waals surface area contributed by atoms with E-state index in [4.69, 9.17) is 10.5 Å². The van der Waals surface area contributed by atoms with Crippen LogP contribution in [-0.4, -0.2) is 16.7 Å². The third-order valence-corrected chi connectivity index (χ3v) is 4.43. The second-order valence-electron chi connectivity index (χ2n) is 7.33. The van der Waals surface area contributed by atoms with E-state index in [9.17, 15) is 4.79 Å². The number of hydrogen-bond acceptors (Lipinski definition) is 6. The summed E-state index contributed by atoms with van der Waals surface area (Å²) in [6, 6.07) is 15.9. The summed E-state index contributed by atoms with van der Waals surface area (Å²) in [5, 5.41) is 8.64. The molecule has 0 unspecified atom stereocenters. The molecule has 0 atom stereocenters. The number of nitrogens with zero attached hydrogens (tertiary/aromatic N) is 1. The molecule has 146 valence electrons. The molecule has 0 spiro atoms. The third-order valence-electron chi connectivity index (χ3n) is 3.76. The van der Waals surface area contributed by atoms with Crippen LogP contribution >= 0.6 is 11.3 Å². The molecule has 6 nitrogen and oxygen atoms in total. The fraction of sp³-hybridized carbons (Fsp3) is 0.238. The standard InChI is InChI=1S/C21H24N4O2S/c1-21(2,3)27-20(26)23-12-14-7-9-16(10-8-14)24-17-6-4-5-15(11-17)18-13-28-19(22)25-18/h4-11,13,24H,12H2,1-3H3,(H2,22,25)(H,23,26). The van der Waals surface area contributed by atoms with Crippen LogP contribution < -0.4 is 16.4 Å². The molecule has 7 heteroatoms. The summed E-state index contributed by atoms with van der Waals surface area (Å²) < 4.78 is 5.24. The van der Waals surface area contributed by atoms with Gasteiger partial charge in [0.25, 0.3) is 0 Å². The monoisotopic (exact) mass is 396 g/mol. The molecule has 28 heavy (non-hydrogen) atoms. The lowest BCUT2D eigenvalue weighted by molar-refractivity contribution is 0.0523. The van der Waals surface area contributed by atoms with E-state index in [1.165, 1.54) is 11.3 Å². The van der Waals surface area contributed by atoms with Crippen LogP contribution in [0.25, 0.3) is 11.3 Å². The van der Waals surface area contributed by atoms with Crippen molar-refractivity contribution < 1.29 is 9.53 Å². The van der Waals surface area contributed by atoms with Gasteiger partial charge in [0.05, 0.1) is 5.69 Å². The Morgan fingerprint density at radius 2 is 1.89 bits per heavy atom. The van der Waals surface area contributed by atoms with Crippen molar-refractivity contribution >= 4 is 33.9 Å². The Hall–Kier alpha value is -3.06. The first-order valence-corrected chi connectivity index (χ1v) is 9.81. The molecule has 3 aromatic rings. The van der Waals surface area contributed by atoms with Gasteiger partial charge in [0.1, 0.15) is 5.60 Å². The van der Waals surface area contributed by atoms with Gasteiger partial charge in [0.2, 0.25) is 0 Å². The second-order valence-corrected chi connectivity index (χ2v) is 8.22. The number of amides is 1. The van der Waals surface area contributed by atoms with Crippen LogP contribution in [0.5, 0.6) is 0 Å². The number of aromatic nitrogens is 1. The molecule has 0 saturated heterocycles. The normalized spacial score (nSPS) is 11.1. The molecule has 3 rings (SSSR count). The zero-order valence-electron chi connectivity index (χ0n) is 16.2. The molecule has 0 aliphatic heterocycles. The van der Waals surface area contributed by atoms with Crippen molar-refractivity contribution in [3.8, 4) is 11.3 Å². The van der Waals surface area contributed by atoms with Gasteiger partial charge in [-0.05, 0) is 50.6 Å². The molecule has 0 aliphatic rings. The highest BCUT2D eigenvalue weighted by Gasteiger charge is 2.15. The molecule has 0 aliphatic carbocycles. The van der Waals surface area contributed by atoms with Crippen molar-refractivity contribution in [3.63, 3.8) is 0 Å². The highest BCUT2D eigenvalue weighted by molar-refractivity contribution is 7.13. The largest absolute Gasteiger partial charge is 0.444 e. The van der Waals surface area contributed by atoms with Gasteiger partial charge in [-0.3, -0.25) is 0 Å². The van der Waals surface area contributed by atoms with Crippen molar-refractivity contribution in [2.24, 2.45) is 0 Å². The predicted molar refractivity (Wildman–Crippen MR) is 115 cm³/mol. The lowest BCUT2D eigenvalue weighted by Crippen LogP contribution is -2.32. The van der Waals surface area contributed by atoms with Crippen LogP contribution in [0.2, 0.25) is 0 Å². The Morgan fingerprint density at radius 3 is 2.54 bits per heavy atom. The number of hydrogen-bond donors (Lipinski definition) is 3. The number of alkyl carbamates (subject to hydrolysis) is 1. The molecule has 0 radical (unpaired) electrons. The number of carbonyl (C=O) groups excluding carboxylic acids is 1. The number of carbonyl (C=O) groups is 1. The number of ether oxygens (including phenoxy) is 1. The first-order chi connectivity index (χ1) is 13.3. The Labute approximate surface area is 168 Å². The molecule has 1 heterocycles. The Bertz CT molecular complexity index is 946. The van der Waals surface area contributed by atoms with Gasteiger partial charge in [-0.25, -0.2) is 9.78 Å². The summed E-state index contributed by atoms with van der Waals surface area (Å²) in [7, 11) is 0. The van der Waals surface area contributed by atoms with E-state index in [2.05, 4.69) is 15.6 Å². The van der Waals surface area contributed by atoms with E-state index in [0.717, 1.165) is 28.2 Å². The maximum Gasteiger partial charge on any atom is 0.407 e. The fourth-order valence-corrected chi connectivity index (χ4v) is 3.11. The van der Waals surface area contributed by atoms with Crippen LogP contribution in [0.4, 0.5) is 21.3 Å². The number of nitrogens with one attached hydrogen (secondary N) is 2. The minimum absolute atomic E-state index is 0.413. The van der Waals surface area contributed by atoms with Crippen molar-refractivity contribution in [3.05, 3.63) is 59.5 Å². The van der Waals surface area contributed by atoms with Crippen molar-refractivity contribution in [2.75, 3.05) is 11.1 Å². The van der Waals surface area contributed by atoms with E-state index in [1.807, 2.05) is 74.7 Å².